The van der Waals surface area contributed by atoms with Crippen LogP contribution in [0.15, 0.2) is 42.7 Å². The standard InChI is InChI=1S/C18H21N3O4/c1-23-16-6-5-13(8-17(16)24-2)9-20-18(22)21-11-15(12-21)25-14-4-3-7-19-10-14/h3-8,10,15H,9,11-12H2,1-2H3,(H,20,22). The van der Waals surface area contributed by atoms with E-state index in [1.165, 1.54) is 0 Å². The average molecular weight is 343 g/mol. The van der Waals surface area contributed by atoms with Crippen LogP contribution in [0.25, 0.3) is 0 Å². The predicted octanol–water partition coefficient (Wildman–Crippen LogP) is 2.07. The normalized spacial score (nSPS) is 13.8. The molecule has 0 aliphatic carbocycles. The van der Waals surface area contributed by atoms with Gasteiger partial charge < -0.3 is 24.4 Å². The molecule has 0 spiro atoms. The molecule has 2 amide bonds. The Kier molecular flexibility index (Phi) is 5.23. The Morgan fingerprint density at radius 1 is 1.24 bits per heavy atom. The summed E-state index contributed by atoms with van der Waals surface area (Å²) in [6.45, 7) is 1.54. The van der Waals surface area contributed by atoms with Gasteiger partial charge >= 0.3 is 6.03 Å². The summed E-state index contributed by atoms with van der Waals surface area (Å²) in [5.41, 5.74) is 0.940. The van der Waals surface area contributed by atoms with Gasteiger partial charge in [0.15, 0.2) is 11.5 Å². The van der Waals surface area contributed by atoms with Crippen molar-refractivity contribution in [2.24, 2.45) is 0 Å². The van der Waals surface area contributed by atoms with Crippen molar-refractivity contribution < 1.29 is 19.0 Å². The topological polar surface area (TPSA) is 72.9 Å². The summed E-state index contributed by atoms with van der Waals surface area (Å²) >= 11 is 0. The summed E-state index contributed by atoms with van der Waals surface area (Å²) in [5.74, 6) is 2.02. The molecule has 132 valence electrons. The summed E-state index contributed by atoms with van der Waals surface area (Å²) in [6.07, 6.45) is 3.37. The van der Waals surface area contributed by atoms with Crippen LogP contribution in [0.2, 0.25) is 0 Å². The lowest BCUT2D eigenvalue weighted by atomic mass is 10.1. The first-order valence-electron chi connectivity index (χ1n) is 8.00. The highest BCUT2D eigenvalue weighted by Gasteiger charge is 2.32. The van der Waals surface area contributed by atoms with Crippen LogP contribution in [-0.4, -0.2) is 49.3 Å². The fourth-order valence-electron chi connectivity index (χ4n) is 2.57. The molecule has 1 aromatic heterocycles. The number of benzene rings is 1. The van der Waals surface area contributed by atoms with E-state index < -0.39 is 0 Å². The molecule has 7 heteroatoms. The Morgan fingerprint density at radius 2 is 2.04 bits per heavy atom. The summed E-state index contributed by atoms with van der Waals surface area (Å²) < 4.78 is 16.2. The molecule has 0 atom stereocenters. The third kappa shape index (κ3) is 4.12. The van der Waals surface area contributed by atoms with Crippen molar-refractivity contribution in [3.63, 3.8) is 0 Å². The molecular weight excluding hydrogens is 322 g/mol. The van der Waals surface area contributed by atoms with E-state index in [1.54, 1.807) is 31.5 Å². The van der Waals surface area contributed by atoms with Gasteiger partial charge in [-0.25, -0.2) is 4.79 Å². The first-order chi connectivity index (χ1) is 12.2. The minimum absolute atomic E-state index is 0.0102. The Bertz CT molecular complexity index is 718. The number of pyridine rings is 1. The Hall–Kier alpha value is -2.96. The minimum Gasteiger partial charge on any atom is -0.493 e. The SMILES string of the molecule is COc1ccc(CNC(=O)N2CC(Oc3cccnc3)C2)cc1OC. The maximum absolute atomic E-state index is 12.2. The van der Waals surface area contributed by atoms with Gasteiger partial charge in [0.05, 0.1) is 33.5 Å². The van der Waals surface area contributed by atoms with Gasteiger partial charge in [-0.15, -0.1) is 0 Å². The lowest BCUT2D eigenvalue weighted by Crippen LogP contribution is -2.58. The molecule has 3 rings (SSSR count). The third-order valence-electron chi connectivity index (χ3n) is 3.96. The van der Waals surface area contributed by atoms with Crippen molar-refractivity contribution in [2.75, 3.05) is 27.3 Å². The van der Waals surface area contributed by atoms with E-state index in [9.17, 15) is 4.79 Å². The molecule has 1 N–H and O–H groups in total. The fourth-order valence-corrected chi connectivity index (χ4v) is 2.57. The van der Waals surface area contributed by atoms with Crippen LogP contribution in [0.1, 0.15) is 5.56 Å². The number of urea groups is 1. The molecule has 0 radical (unpaired) electrons. The van der Waals surface area contributed by atoms with Crippen LogP contribution in [0.3, 0.4) is 0 Å². The number of carbonyl (C=O) groups excluding carboxylic acids is 1. The zero-order chi connectivity index (χ0) is 17.6. The highest BCUT2D eigenvalue weighted by Crippen LogP contribution is 2.27. The Labute approximate surface area is 146 Å². The van der Waals surface area contributed by atoms with Crippen molar-refractivity contribution in [1.29, 1.82) is 0 Å². The highest BCUT2D eigenvalue weighted by molar-refractivity contribution is 5.75. The maximum atomic E-state index is 12.2. The van der Waals surface area contributed by atoms with Crippen molar-refractivity contribution in [2.45, 2.75) is 12.6 Å². The number of hydrogen-bond donors (Lipinski definition) is 1. The number of aromatic nitrogens is 1. The lowest BCUT2D eigenvalue weighted by Gasteiger charge is -2.38. The van der Waals surface area contributed by atoms with E-state index >= 15 is 0 Å². The molecule has 1 aliphatic rings. The number of hydrogen-bond acceptors (Lipinski definition) is 5. The molecule has 1 aliphatic heterocycles. The van der Waals surface area contributed by atoms with Crippen LogP contribution < -0.4 is 19.5 Å². The van der Waals surface area contributed by atoms with E-state index in [-0.39, 0.29) is 12.1 Å². The van der Waals surface area contributed by atoms with Gasteiger partial charge in [-0.05, 0) is 29.8 Å². The van der Waals surface area contributed by atoms with E-state index in [1.807, 2.05) is 30.3 Å². The third-order valence-corrected chi connectivity index (χ3v) is 3.96. The van der Waals surface area contributed by atoms with Gasteiger partial charge in [0, 0.05) is 12.7 Å². The van der Waals surface area contributed by atoms with Crippen molar-refractivity contribution in [1.82, 2.24) is 15.2 Å². The van der Waals surface area contributed by atoms with E-state index in [4.69, 9.17) is 14.2 Å². The molecule has 2 aromatic rings. The second-order valence-electron chi connectivity index (χ2n) is 5.68. The molecule has 7 nitrogen and oxygen atoms in total. The number of nitrogens with one attached hydrogen (secondary N) is 1. The minimum atomic E-state index is -0.110. The number of amides is 2. The predicted molar refractivity (Wildman–Crippen MR) is 92.0 cm³/mol. The van der Waals surface area contributed by atoms with Crippen LogP contribution in [0, 0.1) is 0 Å². The number of ether oxygens (including phenoxy) is 3. The largest absolute Gasteiger partial charge is 0.493 e. The maximum Gasteiger partial charge on any atom is 0.317 e. The Morgan fingerprint density at radius 3 is 2.72 bits per heavy atom. The van der Waals surface area contributed by atoms with Crippen LogP contribution in [-0.2, 0) is 6.54 Å². The van der Waals surface area contributed by atoms with E-state index in [2.05, 4.69) is 10.3 Å². The zero-order valence-electron chi connectivity index (χ0n) is 14.3. The van der Waals surface area contributed by atoms with Gasteiger partial charge in [-0.3, -0.25) is 4.98 Å². The van der Waals surface area contributed by atoms with Crippen LogP contribution >= 0.6 is 0 Å². The van der Waals surface area contributed by atoms with Gasteiger partial charge in [-0.1, -0.05) is 6.07 Å². The molecule has 2 heterocycles. The molecular formula is C18H21N3O4. The summed E-state index contributed by atoms with van der Waals surface area (Å²) in [5, 5.41) is 2.90. The van der Waals surface area contributed by atoms with Crippen LogP contribution in [0.4, 0.5) is 4.79 Å². The number of carbonyl (C=O) groups is 1. The number of likely N-dealkylation sites (tertiary alicyclic amines) is 1. The van der Waals surface area contributed by atoms with E-state index in [0.717, 1.165) is 11.3 Å². The van der Waals surface area contributed by atoms with Crippen molar-refractivity contribution in [3.05, 3.63) is 48.3 Å². The Balaban J connectivity index is 1.45. The summed E-state index contributed by atoms with van der Waals surface area (Å²) in [4.78, 5) is 17.9. The molecule has 0 saturated carbocycles. The molecule has 0 unspecified atom stereocenters. The first kappa shape index (κ1) is 16.9. The summed E-state index contributed by atoms with van der Waals surface area (Å²) in [7, 11) is 3.18. The van der Waals surface area contributed by atoms with Gasteiger partial charge in [0.1, 0.15) is 11.9 Å². The molecule has 0 bridgehead atoms. The average Bonchev–Trinajstić information content (AvgIpc) is 2.62. The second-order valence-corrected chi connectivity index (χ2v) is 5.68. The molecule has 1 saturated heterocycles. The number of nitrogens with zero attached hydrogens (tertiary/aromatic N) is 2. The fraction of sp³-hybridized carbons (Fsp3) is 0.333. The molecule has 1 fully saturated rings. The number of rotatable bonds is 6. The van der Waals surface area contributed by atoms with Gasteiger partial charge in [0.2, 0.25) is 0 Å². The monoisotopic (exact) mass is 343 g/mol. The zero-order valence-corrected chi connectivity index (χ0v) is 14.3. The highest BCUT2D eigenvalue weighted by atomic mass is 16.5. The molecule has 1 aromatic carbocycles. The smallest absolute Gasteiger partial charge is 0.317 e. The number of methoxy groups -OCH3 is 2. The second kappa shape index (κ2) is 7.74. The lowest BCUT2D eigenvalue weighted by molar-refractivity contribution is 0.0441. The molecule has 25 heavy (non-hydrogen) atoms. The van der Waals surface area contributed by atoms with Crippen molar-refractivity contribution in [3.8, 4) is 17.2 Å². The van der Waals surface area contributed by atoms with Gasteiger partial charge in [-0.2, -0.15) is 0 Å². The van der Waals surface area contributed by atoms with Crippen molar-refractivity contribution >= 4 is 6.03 Å². The first-order valence-corrected chi connectivity index (χ1v) is 8.00. The van der Waals surface area contributed by atoms with Gasteiger partial charge in [0.25, 0.3) is 0 Å². The summed E-state index contributed by atoms with van der Waals surface area (Å²) in [6, 6.07) is 9.13. The van der Waals surface area contributed by atoms with E-state index in [0.29, 0.717) is 31.1 Å². The quantitative estimate of drug-likeness (QED) is 0.869. The van der Waals surface area contributed by atoms with Crippen LogP contribution in [0.5, 0.6) is 17.2 Å².